The van der Waals surface area contributed by atoms with Gasteiger partial charge in [-0.1, -0.05) is 36.4 Å². The molecule has 2 aromatic carbocycles. The predicted octanol–water partition coefficient (Wildman–Crippen LogP) is 4.72. The van der Waals surface area contributed by atoms with Crippen molar-refractivity contribution in [2.75, 3.05) is 19.5 Å². The number of para-hydroxylation sites is 1. The third-order valence-corrected chi connectivity index (χ3v) is 3.82. The highest BCUT2D eigenvalue weighted by molar-refractivity contribution is 6.03. The van der Waals surface area contributed by atoms with Crippen LogP contribution >= 0.6 is 0 Å². The quantitative estimate of drug-likeness (QED) is 0.654. The van der Waals surface area contributed by atoms with Crippen LogP contribution in [0, 0.1) is 0 Å². The maximum Gasteiger partial charge on any atom is 0.291 e. The number of ether oxygens (including phenoxy) is 2. The van der Waals surface area contributed by atoms with Crippen molar-refractivity contribution in [3.8, 4) is 11.5 Å². The molecular formula is C21H19NO4. The number of hydrogen-bond donors (Lipinski definition) is 1. The number of furan rings is 1. The van der Waals surface area contributed by atoms with Gasteiger partial charge in [-0.3, -0.25) is 4.79 Å². The minimum atomic E-state index is -0.290. The SMILES string of the molecule is COc1ccc(/C=C/c2ccccc2NC(=O)c2ccco2)cc1OC. The maximum atomic E-state index is 12.2. The monoisotopic (exact) mass is 349 g/mol. The Morgan fingerprint density at radius 2 is 1.77 bits per heavy atom. The van der Waals surface area contributed by atoms with Crippen molar-refractivity contribution in [1.29, 1.82) is 0 Å². The Kier molecular flexibility index (Phi) is 5.39. The van der Waals surface area contributed by atoms with Crippen LogP contribution in [0.4, 0.5) is 5.69 Å². The van der Waals surface area contributed by atoms with E-state index in [1.165, 1.54) is 6.26 Å². The zero-order valence-corrected chi connectivity index (χ0v) is 14.6. The molecule has 1 amide bonds. The first kappa shape index (κ1) is 17.4. The predicted molar refractivity (Wildman–Crippen MR) is 102 cm³/mol. The van der Waals surface area contributed by atoms with Crippen molar-refractivity contribution in [2.24, 2.45) is 0 Å². The van der Waals surface area contributed by atoms with Crippen molar-refractivity contribution in [3.05, 3.63) is 77.7 Å². The lowest BCUT2D eigenvalue weighted by Crippen LogP contribution is -2.11. The van der Waals surface area contributed by atoms with Crippen LogP contribution in [0.1, 0.15) is 21.7 Å². The number of carbonyl (C=O) groups is 1. The molecular weight excluding hydrogens is 330 g/mol. The van der Waals surface area contributed by atoms with Gasteiger partial charge in [0, 0.05) is 5.69 Å². The molecule has 1 N–H and O–H groups in total. The molecule has 0 aliphatic carbocycles. The normalized spacial score (nSPS) is 10.7. The number of carbonyl (C=O) groups excluding carboxylic acids is 1. The number of nitrogens with one attached hydrogen (secondary N) is 1. The van der Waals surface area contributed by atoms with Crippen molar-refractivity contribution in [1.82, 2.24) is 0 Å². The lowest BCUT2D eigenvalue weighted by molar-refractivity contribution is 0.0996. The number of amides is 1. The first-order chi connectivity index (χ1) is 12.7. The van der Waals surface area contributed by atoms with E-state index in [2.05, 4.69) is 5.32 Å². The Balaban J connectivity index is 1.82. The Morgan fingerprint density at radius 1 is 0.962 bits per heavy atom. The molecule has 3 rings (SSSR count). The minimum Gasteiger partial charge on any atom is -0.493 e. The van der Waals surface area contributed by atoms with E-state index in [0.29, 0.717) is 17.2 Å². The second-order valence-electron chi connectivity index (χ2n) is 5.47. The maximum absolute atomic E-state index is 12.2. The molecule has 1 aromatic heterocycles. The first-order valence-electron chi connectivity index (χ1n) is 8.05. The Labute approximate surface area is 151 Å². The van der Waals surface area contributed by atoms with E-state index in [9.17, 15) is 4.79 Å². The summed E-state index contributed by atoms with van der Waals surface area (Å²) in [5, 5.41) is 2.86. The number of methoxy groups -OCH3 is 2. The zero-order chi connectivity index (χ0) is 18.4. The van der Waals surface area contributed by atoms with Gasteiger partial charge in [-0.2, -0.15) is 0 Å². The van der Waals surface area contributed by atoms with Gasteiger partial charge in [-0.15, -0.1) is 0 Å². The van der Waals surface area contributed by atoms with Crippen LogP contribution in [0.5, 0.6) is 11.5 Å². The molecule has 0 spiro atoms. The van der Waals surface area contributed by atoms with Crippen LogP contribution in [-0.2, 0) is 0 Å². The standard InChI is InChI=1S/C21H19NO4/c1-24-18-12-10-15(14-20(18)25-2)9-11-16-6-3-4-7-17(16)22-21(23)19-8-5-13-26-19/h3-14H,1-2H3,(H,22,23)/b11-9+. The van der Waals surface area contributed by atoms with Crippen molar-refractivity contribution < 1.29 is 18.7 Å². The second-order valence-corrected chi connectivity index (χ2v) is 5.47. The molecule has 0 aliphatic rings. The van der Waals surface area contributed by atoms with Gasteiger partial charge in [0.2, 0.25) is 0 Å². The average molecular weight is 349 g/mol. The topological polar surface area (TPSA) is 60.7 Å². The molecule has 0 saturated carbocycles. The molecule has 0 aliphatic heterocycles. The van der Waals surface area contributed by atoms with E-state index in [0.717, 1.165) is 11.1 Å². The van der Waals surface area contributed by atoms with E-state index in [-0.39, 0.29) is 11.7 Å². The van der Waals surface area contributed by atoms with Crippen molar-refractivity contribution in [2.45, 2.75) is 0 Å². The van der Waals surface area contributed by atoms with Gasteiger partial charge in [0.25, 0.3) is 5.91 Å². The van der Waals surface area contributed by atoms with Crippen molar-refractivity contribution >= 4 is 23.7 Å². The molecule has 0 bridgehead atoms. The molecule has 0 atom stereocenters. The molecule has 0 fully saturated rings. The third-order valence-electron chi connectivity index (χ3n) is 3.82. The van der Waals surface area contributed by atoms with E-state index >= 15 is 0 Å². The highest BCUT2D eigenvalue weighted by atomic mass is 16.5. The van der Waals surface area contributed by atoms with Gasteiger partial charge < -0.3 is 19.2 Å². The Morgan fingerprint density at radius 3 is 2.50 bits per heavy atom. The van der Waals surface area contributed by atoms with E-state index in [1.807, 2.05) is 54.6 Å². The summed E-state index contributed by atoms with van der Waals surface area (Å²) in [7, 11) is 3.20. The number of benzene rings is 2. The van der Waals surface area contributed by atoms with Gasteiger partial charge in [-0.05, 0) is 41.5 Å². The average Bonchev–Trinajstić information content (AvgIpc) is 3.22. The fourth-order valence-electron chi connectivity index (χ4n) is 2.49. The summed E-state index contributed by atoms with van der Waals surface area (Å²) in [6, 6.07) is 16.5. The summed E-state index contributed by atoms with van der Waals surface area (Å²) in [6.07, 6.45) is 5.34. The van der Waals surface area contributed by atoms with Gasteiger partial charge in [0.15, 0.2) is 17.3 Å². The zero-order valence-electron chi connectivity index (χ0n) is 14.6. The first-order valence-corrected chi connectivity index (χ1v) is 8.05. The minimum absolute atomic E-state index is 0.267. The summed E-state index contributed by atoms with van der Waals surface area (Å²) in [5.74, 6) is 1.32. The largest absolute Gasteiger partial charge is 0.493 e. The fourth-order valence-corrected chi connectivity index (χ4v) is 2.49. The van der Waals surface area contributed by atoms with Crippen LogP contribution in [0.3, 0.4) is 0 Å². The molecule has 1 heterocycles. The molecule has 5 heteroatoms. The highest BCUT2D eigenvalue weighted by Crippen LogP contribution is 2.28. The van der Waals surface area contributed by atoms with Gasteiger partial charge in [0.1, 0.15) is 0 Å². The summed E-state index contributed by atoms with van der Waals surface area (Å²) >= 11 is 0. The van der Waals surface area contributed by atoms with E-state index < -0.39 is 0 Å². The van der Waals surface area contributed by atoms with Gasteiger partial charge in [-0.25, -0.2) is 0 Å². The van der Waals surface area contributed by atoms with Crippen molar-refractivity contribution in [3.63, 3.8) is 0 Å². The molecule has 0 unspecified atom stereocenters. The summed E-state index contributed by atoms with van der Waals surface area (Å²) in [6.45, 7) is 0. The lowest BCUT2D eigenvalue weighted by atomic mass is 10.1. The van der Waals surface area contributed by atoms with Crippen LogP contribution in [-0.4, -0.2) is 20.1 Å². The number of rotatable bonds is 6. The summed E-state index contributed by atoms with van der Waals surface area (Å²) in [4.78, 5) is 12.2. The van der Waals surface area contributed by atoms with E-state index in [1.54, 1.807) is 26.4 Å². The number of hydrogen-bond acceptors (Lipinski definition) is 4. The Hall–Kier alpha value is -3.47. The highest BCUT2D eigenvalue weighted by Gasteiger charge is 2.10. The van der Waals surface area contributed by atoms with Gasteiger partial charge in [0.05, 0.1) is 20.5 Å². The molecule has 0 radical (unpaired) electrons. The molecule has 132 valence electrons. The second kappa shape index (κ2) is 8.07. The van der Waals surface area contributed by atoms with Crippen LogP contribution in [0.15, 0.2) is 65.3 Å². The fraction of sp³-hybridized carbons (Fsp3) is 0.0952. The molecule has 0 saturated heterocycles. The third kappa shape index (κ3) is 3.95. The van der Waals surface area contributed by atoms with Crippen LogP contribution < -0.4 is 14.8 Å². The smallest absolute Gasteiger partial charge is 0.291 e. The summed E-state index contributed by atoms with van der Waals surface area (Å²) in [5.41, 5.74) is 2.53. The Bertz CT molecular complexity index is 914. The number of anilines is 1. The molecule has 5 nitrogen and oxygen atoms in total. The molecule has 3 aromatic rings. The van der Waals surface area contributed by atoms with Crippen LogP contribution in [0.2, 0.25) is 0 Å². The summed E-state index contributed by atoms with van der Waals surface area (Å²) < 4.78 is 15.7. The van der Waals surface area contributed by atoms with Crippen LogP contribution in [0.25, 0.3) is 12.2 Å². The van der Waals surface area contributed by atoms with E-state index in [4.69, 9.17) is 13.9 Å². The lowest BCUT2D eigenvalue weighted by Gasteiger charge is -2.08. The van der Waals surface area contributed by atoms with Gasteiger partial charge >= 0.3 is 0 Å². The molecule has 26 heavy (non-hydrogen) atoms.